The number of benzene rings is 1. The van der Waals surface area contributed by atoms with Crippen LogP contribution in [0.3, 0.4) is 0 Å². The van der Waals surface area contributed by atoms with Gasteiger partial charge in [-0.05, 0) is 85.6 Å². The van der Waals surface area contributed by atoms with E-state index < -0.39 is 6.10 Å². The molecule has 1 N–H and O–H groups in total. The van der Waals surface area contributed by atoms with Gasteiger partial charge in [-0.3, -0.25) is 0 Å². The van der Waals surface area contributed by atoms with Gasteiger partial charge in [0, 0.05) is 16.8 Å². The fourth-order valence-corrected chi connectivity index (χ4v) is 4.97. The molecule has 0 amide bonds. The first-order chi connectivity index (χ1) is 13.2. The Balaban J connectivity index is 1.37. The van der Waals surface area contributed by atoms with Gasteiger partial charge in [0.05, 0.1) is 24.1 Å². The van der Waals surface area contributed by atoms with Gasteiger partial charge < -0.3 is 9.51 Å². The molecule has 2 aliphatic rings. The molecule has 0 saturated heterocycles. The van der Waals surface area contributed by atoms with Crippen molar-refractivity contribution in [3.8, 4) is 0 Å². The van der Waals surface area contributed by atoms with Crippen molar-refractivity contribution < 1.29 is 5.11 Å². The topological polar surface area (TPSA) is 37.5 Å². The summed E-state index contributed by atoms with van der Waals surface area (Å²) in [4.78, 5) is 4.31. The fraction of sp³-hybridized carbons (Fsp3) is 0.435. The van der Waals surface area contributed by atoms with E-state index in [0.717, 1.165) is 41.8 Å². The SMILES string of the molecule is O[C@@H](c1c(C2CC2)ccn2cncc12)[C@H]1CC[C@H](c2ccc(Cl)cc2)CC1. The second-order valence-corrected chi connectivity index (χ2v) is 8.69. The maximum absolute atomic E-state index is 11.4. The summed E-state index contributed by atoms with van der Waals surface area (Å²) in [6, 6.07) is 10.5. The lowest BCUT2D eigenvalue weighted by atomic mass is 9.75. The number of imidazole rings is 1. The van der Waals surface area contributed by atoms with Crippen LogP contribution in [-0.2, 0) is 0 Å². The lowest BCUT2D eigenvalue weighted by molar-refractivity contribution is 0.0810. The molecule has 1 atom stereocenters. The molecule has 0 aliphatic heterocycles. The fourth-order valence-electron chi connectivity index (χ4n) is 4.84. The Kier molecular flexibility index (Phi) is 4.45. The number of aromatic nitrogens is 2. The summed E-state index contributed by atoms with van der Waals surface area (Å²) in [6.45, 7) is 0. The Morgan fingerprint density at radius 3 is 2.37 bits per heavy atom. The molecule has 4 heteroatoms. The molecule has 2 aliphatic carbocycles. The molecule has 3 nitrogen and oxygen atoms in total. The molecule has 0 unspecified atom stereocenters. The number of hydrogen-bond donors (Lipinski definition) is 1. The van der Waals surface area contributed by atoms with Gasteiger partial charge in [-0.2, -0.15) is 0 Å². The van der Waals surface area contributed by atoms with E-state index >= 15 is 0 Å². The number of rotatable bonds is 4. The summed E-state index contributed by atoms with van der Waals surface area (Å²) in [5, 5.41) is 12.1. The van der Waals surface area contributed by atoms with E-state index in [1.165, 1.54) is 24.0 Å². The van der Waals surface area contributed by atoms with Gasteiger partial charge >= 0.3 is 0 Å². The van der Waals surface area contributed by atoms with Crippen LogP contribution in [-0.4, -0.2) is 14.5 Å². The van der Waals surface area contributed by atoms with E-state index in [4.69, 9.17) is 11.6 Å². The van der Waals surface area contributed by atoms with Gasteiger partial charge in [-0.1, -0.05) is 23.7 Å². The van der Waals surface area contributed by atoms with Crippen LogP contribution >= 0.6 is 11.6 Å². The molecular formula is C23H25ClN2O. The van der Waals surface area contributed by atoms with E-state index in [1.807, 2.05) is 29.1 Å². The van der Waals surface area contributed by atoms with Crippen molar-refractivity contribution in [3.63, 3.8) is 0 Å². The number of hydrogen-bond acceptors (Lipinski definition) is 2. The molecule has 2 saturated carbocycles. The average molecular weight is 381 g/mol. The van der Waals surface area contributed by atoms with Gasteiger partial charge in [-0.25, -0.2) is 4.98 Å². The van der Waals surface area contributed by atoms with Crippen molar-refractivity contribution in [2.24, 2.45) is 5.92 Å². The van der Waals surface area contributed by atoms with Crippen molar-refractivity contribution in [2.75, 3.05) is 0 Å². The second kappa shape index (κ2) is 6.96. The number of halogens is 1. The van der Waals surface area contributed by atoms with Crippen LogP contribution < -0.4 is 0 Å². The molecular weight excluding hydrogens is 356 g/mol. The summed E-state index contributed by atoms with van der Waals surface area (Å²) >= 11 is 6.03. The zero-order valence-electron chi connectivity index (χ0n) is 15.4. The monoisotopic (exact) mass is 380 g/mol. The van der Waals surface area contributed by atoms with Gasteiger partial charge in [0.1, 0.15) is 0 Å². The number of pyridine rings is 1. The number of aliphatic hydroxyl groups excluding tert-OH is 1. The largest absolute Gasteiger partial charge is 0.388 e. The molecule has 0 radical (unpaired) electrons. The van der Waals surface area contributed by atoms with Crippen LogP contribution in [0.1, 0.15) is 73.2 Å². The normalized spacial score (nSPS) is 24.2. The third-order valence-electron chi connectivity index (χ3n) is 6.54. The maximum atomic E-state index is 11.4. The minimum Gasteiger partial charge on any atom is -0.388 e. The summed E-state index contributed by atoms with van der Waals surface area (Å²) in [5.74, 6) is 1.53. The molecule has 2 fully saturated rings. The molecule has 140 valence electrons. The Labute approximate surface area is 165 Å². The van der Waals surface area contributed by atoms with E-state index in [9.17, 15) is 5.11 Å². The van der Waals surface area contributed by atoms with Crippen LogP contribution in [0.4, 0.5) is 0 Å². The highest BCUT2D eigenvalue weighted by atomic mass is 35.5. The summed E-state index contributed by atoms with van der Waals surface area (Å²) in [6.07, 6.45) is 12.3. The standard InChI is InChI=1S/C23H25ClN2O/c24-19-9-7-16(8-10-19)15-1-5-18(6-2-15)23(27)22-20(17-3-4-17)11-12-26-14-25-13-21(22)26/h7-15,17-18,23,27H,1-6H2/t15-,18-,23-/m1/s1. The van der Waals surface area contributed by atoms with Gasteiger partial charge in [-0.15, -0.1) is 0 Å². The number of aliphatic hydroxyl groups is 1. The van der Waals surface area contributed by atoms with Crippen molar-refractivity contribution in [1.29, 1.82) is 0 Å². The Morgan fingerprint density at radius 1 is 0.963 bits per heavy atom. The predicted octanol–water partition coefficient (Wildman–Crippen LogP) is 5.87. The van der Waals surface area contributed by atoms with Gasteiger partial charge in [0.25, 0.3) is 0 Å². The van der Waals surface area contributed by atoms with Crippen molar-refractivity contribution >= 4 is 17.1 Å². The van der Waals surface area contributed by atoms with Crippen LogP contribution in [0.15, 0.2) is 49.1 Å². The van der Waals surface area contributed by atoms with Crippen LogP contribution in [0.2, 0.25) is 5.02 Å². The summed E-state index contributed by atoms with van der Waals surface area (Å²) in [7, 11) is 0. The molecule has 2 heterocycles. The smallest absolute Gasteiger partial charge is 0.0992 e. The lowest BCUT2D eigenvalue weighted by Gasteiger charge is -2.33. The molecule has 1 aromatic carbocycles. The van der Waals surface area contributed by atoms with E-state index in [1.54, 1.807) is 0 Å². The minimum absolute atomic E-state index is 0.326. The van der Waals surface area contributed by atoms with Crippen molar-refractivity contribution in [1.82, 2.24) is 9.38 Å². The Morgan fingerprint density at radius 2 is 1.67 bits per heavy atom. The summed E-state index contributed by atoms with van der Waals surface area (Å²) < 4.78 is 2.05. The highest BCUT2D eigenvalue weighted by Crippen LogP contribution is 2.47. The predicted molar refractivity (Wildman–Crippen MR) is 108 cm³/mol. The third-order valence-corrected chi connectivity index (χ3v) is 6.79. The first-order valence-electron chi connectivity index (χ1n) is 10.1. The van der Waals surface area contributed by atoms with Crippen molar-refractivity contribution in [2.45, 2.75) is 56.5 Å². The average Bonchev–Trinajstić information content (AvgIpc) is 3.44. The molecule has 27 heavy (non-hydrogen) atoms. The molecule has 3 aromatic rings. The van der Waals surface area contributed by atoms with Gasteiger partial charge in [0.15, 0.2) is 0 Å². The lowest BCUT2D eigenvalue weighted by Crippen LogP contribution is -2.21. The zero-order valence-corrected chi connectivity index (χ0v) is 16.1. The molecule has 0 bridgehead atoms. The maximum Gasteiger partial charge on any atom is 0.0992 e. The van der Waals surface area contributed by atoms with E-state index in [-0.39, 0.29) is 0 Å². The van der Waals surface area contributed by atoms with E-state index in [0.29, 0.717) is 17.8 Å². The Hall–Kier alpha value is -1.84. The highest BCUT2D eigenvalue weighted by molar-refractivity contribution is 6.30. The quantitative estimate of drug-likeness (QED) is 0.614. The van der Waals surface area contributed by atoms with Gasteiger partial charge in [0.2, 0.25) is 0 Å². The molecule has 2 aromatic heterocycles. The van der Waals surface area contributed by atoms with Crippen LogP contribution in [0.25, 0.3) is 5.52 Å². The van der Waals surface area contributed by atoms with E-state index in [2.05, 4.69) is 29.4 Å². The molecule has 5 rings (SSSR count). The number of fused-ring (bicyclic) bond motifs is 1. The van der Waals surface area contributed by atoms with Crippen LogP contribution in [0, 0.1) is 5.92 Å². The zero-order chi connectivity index (χ0) is 18.4. The minimum atomic E-state index is -0.396. The first kappa shape index (κ1) is 17.3. The highest BCUT2D eigenvalue weighted by Gasteiger charge is 2.34. The number of nitrogens with zero attached hydrogens (tertiary/aromatic N) is 2. The second-order valence-electron chi connectivity index (χ2n) is 8.25. The molecule has 0 spiro atoms. The summed E-state index contributed by atoms with van der Waals surface area (Å²) in [5.41, 5.74) is 4.93. The van der Waals surface area contributed by atoms with Crippen molar-refractivity contribution in [3.05, 3.63) is 70.8 Å². The van der Waals surface area contributed by atoms with Crippen LogP contribution in [0.5, 0.6) is 0 Å². The third kappa shape index (κ3) is 3.28. The Bertz CT molecular complexity index is 937. The first-order valence-corrected chi connectivity index (χ1v) is 10.5.